The monoisotopic (exact) mass is 323 g/mol. The van der Waals surface area contributed by atoms with E-state index in [1.165, 1.54) is 43.0 Å². The summed E-state index contributed by atoms with van der Waals surface area (Å²) in [5.74, 6) is 4.32. The van der Waals surface area contributed by atoms with Crippen molar-refractivity contribution in [3.8, 4) is 5.75 Å². The summed E-state index contributed by atoms with van der Waals surface area (Å²) in [6.45, 7) is 1.23. The second-order valence-corrected chi connectivity index (χ2v) is 8.10. The molecular formula is C22H29NO. The molecule has 0 aliphatic heterocycles. The van der Waals surface area contributed by atoms with Gasteiger partial charge in [-0.1, -0.05) is 24.3 Å². The van der Waals surface area contributed by atoms with E-state index in [4.69, 9.17) is 4.74 Å². The Morgan fingerprint density at radius 1 is 0.917 bits per heavy atom. The van der Waals surface area contributed by atoms with Crippen LogP contribution in [0.2, 0.25) is 0 Å². The molecule has 3 saturated carbocycles. The Morgan fingerprint density at radius 2 is 1.58 bits per heavy atom. The molecule has 2 aromatic carbocycles. The summed E-state index contributed by atoms with van der Waals surface area (Å²) in [7, 11) is 6.19. The molecule has 0 N–H and O–H groups in total. The van der Waals surface area contributed by atoms with Crippen molar-refractivity contribution in [3.05, 3.63) is 42.0 Å². The Morgan fingerprint density at radius 3 is 2.29 bits per heavy atom. The summed E-state index contributed by atoms with van der Waals surface area (Å²) >= 11 is 0. The fraction of sp³-hybridized carbons (Fsp3) is 0.545. The molecule has 0 saturated heterocycles. The highest BCUT2D eigenvalue weighted by Gasteiger charge is 2.44. The molecule has 0 amide bonds. The molecule has 5 rings (SSSR count). The van der Waals surface area contributed by atoms with Gasteiger partial charge in [0.05, 0.1) is 7.11 Å². The Bertz CT molecular complexity index is 715. The van der Waals surface area contributed by atoms with E-state index in [0.717, 1.165) is 29.4 Å². The molecule has 2 heteroatoms. The van der Waals surface area contributed by atoms with Crippen molar-refractivity contribution >= 4 is 10.8 Å². The third-order valence-electron chi connectivity index (χ3n) is 6.42. The zero-order chi connectivity index (χ0) is 16.7. The summed E-state index contributed by atoms with van der Waals surface area (Å²) in [5, 5.41) is 2.63. The van der Waals surface area contributed by atoms with Gasteiger partial charge in [0.2, 0.25) is 0 Å². The van der Waals surface area contributed by atoms with Crippen LogP contribution in [-0.2, 0) is 0 Å². The van der Waals surface area contributed by atoms with Gasteiger partial charge in [-0.15, -0.1) is 0 Å². The molecule has 24 heavy (non-hydrogen) atoms. The van der Waals surface area contributed by atoms with Gasteiger partial charge in [0, 0.05) is 6.54 Å². The summed E-state index contributed by atoms with van der Waals surface area (Å²) in [6.07, 6.45) is 5.76. The third kappa shape index (κ3) is 2.82. The van der Waals surface area contributed by atoms with E-state index < -0.39 is 0 Å². The quantitative estimate of drug-likeness (QED) is 0.791. The van der Waals surface area contributed by atoms with Crippen molar-refractivity contribution in [2.45, 2.75) is 31.6 Å². The average Bonchev–Trinajstić information content (AvgIpc) is 2.61. The normalized spacial score (nSPS) is 29.3. The van der Waals surface area contributed by atoms with Crippen molar-refractivity contribution in [1.29, 1.82) is 0 Å². The minimum Gasteiger partial charge on any atom is -0.497 e. The van der Waals surface area contributed by atoms with E-state index >= 15 is 0 Å². The van der Waals surface area contributed by atoms with Crippen LogP contribution < -0.4 is 4.74 Å². The van der Waals surface area contributed by atoms with Crippen molar-refractivity contribution in [1.82, 2.24) is 4.90 Å². The maximum atomic E-state index is 5.36. The van der Waals surface area contributed by atoms with Gasteiger partial charge in [0.15, 0.2) is 0 Å². The van der Waals surface area contributed by atoms with Crippen molar-refractivity contribution in [2.24, 2.45) is 17.8 Å². The lowest BCUT2D eigenvalue weighted by atomic mass is 9.56. The molecule has 128 valence electrons. The summed E-state index contributed by atoms with van der Waals surface area (Å²) < 4.78 is 5.36. The molecule has 0 unspecified atom stereocenters. The first kappa shape index (κ1) is 16.0. The SMILES string of the molecule is COc1ccc2cc([C@@H]3C4CCC(CC4)[C@H]3CN(C)C)ccc2c1. The van der Waals surface area contributed by atoms with Gasteiger partial charge < -0.3 is 9.64 Å². The van der Waals surface area contributed by atoms with E-state index in [1.807, 2.05) is 0 Å². The first-order chi connectivity index (χ1) is 11.7. The van der Waals surface area contributed by atoms with Gasteiger partial charge in [-0.05, 0) is 91.9 Å². The van der Waals surface area contributed by atoms with Crippen LogP contribution in [0.5, 0.6) is 5.75 Å². The molecule has 2 bridgehead atoms. The summed E-state index contributed by atoms with van der Waals surface area (Å²) in [4.78, 5) is 2.39. The highest BCUT2D eigenvalue weighted by Crippen LogP contribution is 2.53. The van der Waals surface area contributed by atoms with E-state index in [2.05, 4.69) is 55.4 Å². The summed E-state index contributed by atoms with van der Waals surface area (Å²) in [6, 6.07) is 13.6. The zero-order valence-electron chi connectivity index (χ0n) is 15.2. The van der Waals surface area contributed by atoms with Crippen LogP contribution in [-0.4, -0.2) is 32.6 Å². The maximum absolute atomic E-state index is 5.36. The van der Waals surface area contributed by atoms with Gasteiger partial charge in [0.25, 0.3) is 0 Å². The molecule has 0 heterocycles. The Balaban J connectivity index is 1.71. The lowest BCUT2D eigenvalue weighted by Gasteiger charge is -2.50. The predicted molar refractivity (Wildman–Crippen MR) is 101 cm³/mol. The van der Waals surface area contributed by atoms with Crippen LogP contribution in [0.1, 0.15) is 37.2 Å². The minimum absolute atomic E-state index is 0.742. The lowest BCUT2D eigenvalue weighted by Crippen LogP contribution is -2.43. The van der Waals surface area contributed by atoms with Crippen molar-refractivity contribution in [3.63, 3.8) is 0 Å². The van der Waals surface area contributed by atoms with Gasteiger partial charge in [-0.3, -0.25) is 0 Å². The number of hydrogen-bond donors (Lipinski definition) is 0. The number of ether oxygens (including phenoxy) is 1. The topological polar surface area (TPSA) is 12.5 Å². The Kier molecular flexibility index (Phi) is 4.26. The fourth-order valence-corrected chi connectivity index (χ4v) is 5.36. The molecule has 0 radical (unpaired) electrons. The molecule has 2 aromatic rings. The van der Waals surface area contributed by atoms with Gasteiger partial charge >= 0.3 is 0 Å². The molecule has 3 fully saturated rings. The van der Waals surface area contributed by atoms with E-state index in [0.29, 0.717) is 0 Å². The van der Waals surface area contributed by atoms with Crippen molar-refractivity contribution < 1.29 is 4.74 Å². The van der Waals surface area contributed by atoms with Gasteiger partial charge in [0.1, 0.15) is 5.75 Å². The van der Waals surface area contributed by atoms with E-state index in [9.17, 15) is 0 Å². The number of nitrogens with zero attached hydrogens (tertiary/aromatic N) is 1. The van der Waals surface area contributed by atoms with Crippen LogP contribution in [0.4, 0.5) is 0 Å². The number of rotatable bonds is 4. The van der Waals surface area contributed by atoms with Crippen LogP contribution in [0.3, 0.4) is 0 Å². The predicted octanol–water partition coefficient (Wildman–Crippen LogP) is 4.93. The number of benzene rings is 2. The van der Waals surface area contributed by atoms with Crippen molar-refractivity contribution in [2.75, 3.05) is 27.7 Å². The van der Waals surface area contributed by atoms with Gasteiger partial charge in [-0.2, -0.15) is 0 Å². The number of methoxy groups -OCH3 is 1. The minimum atomic E-state index is 0.742. The highest BCUT2D eigenvalue weighted by molar-refractivity contribution is 5.84. The average molecular weight is 323 g/mol. The molecule has 0 spiro atoms. The molecule has 2 atom stereocenters. The highest BCUT2D eigenvalue weighted by atomic mass is 16.5. The standard InChI is InChI=1S/C22H29NO/c1-23(2)14-21-15-4-6-16(7-5-15)22(21)19-9-8-18-13-20(24-3)11-10-17(18)12-19/h8-13,15-16,21-22H,4-7,14H2,1-3H3/t15?,16?,21-,22+/m1/s1. The largest absolute Gasteiger partial charge is 0.497 e. The maximum Gasteiger partial charge on any atom is 0.119 e. The second-order valence-electron chi connectivity index (χ2n) is 8.10. The first-order valence-electron chi connectivity index (χ1n) is 9.38. The smallest absolute Gasteiger partial charge is 0.119 e. The van der Waals surface area contributed by atoms with Crippen LogP contribution in [0.15, 0.2) is 36.4 Å². The van der Waals surface area contributed by atoms with E-state index in [-0.39, 0.29) is 0 Å². The van der Waals surface area contributed by atoms with Crippen LogP contribution in [0, 0.1) is 17.8 Å². The second kappa shape index (κ2) is 6.40. The lowest BCUT2D eigenvalue weighted by molar-refractivity contribution is 0.0507. The number of hydrogen-bond acceptors (Lipinski definition) is 2. The van der Waals surface area contributed by atoms with Crippen LogP contribution in [0.25, 0.3) is 10.8 Å². The third-order valence-corrected chi connectivity index (χ3v) is 6.42. The Labute approximate surface area is 145 Å². The van der Waals surface area contributed by atoms with Gasteiger partial charge in [-0.25, -0.2) is 0 Å². The molecule has 3 aliphatic carbocycles. The summed E-state index contributed by atoms with van der Waals surface area (Å²) in [5.41, 5.74) is 1.56. The molecule has 3 aliphatic rings. The fourth-order valence-electron chi connectivity index (χ4n) is 5.36. The number of fused-ring (bicyclic) bond motifs is 4. The Hall–Kier alpha value is -1.54. The van der Waals surface area contributed by atoms with Crippen LogP contribution >= 0.6 is 0 Å². The molecule has 0 aromatic heterocycles. The molecular weight excluding hydrogens is 294 g/mol. The molecule has 2 nitrogen and oxygen atoms in total. The first-order valence-corrected chi connectivity index (χ1v) is 9.38. The van der Waals surface area contributed by atoms with E-state index in [1.54, 1.807) is 12.7 Å². The zero-order valence-corrected chi connectivity index (χ0v) is 15.2.